The molecule has 0 spiro atoms. The molecule has 0 bridgehead atoms. The minimum Gasteiger partial charge on any atom is -0.314 e. The van der Waals surface area contributed by atoms with Crippen LogP contribution in [0.5, 0.6) is 0 Å². The monoisotopic (exact) mass is 266 g/mol. The molecule has 4 nitrogen and oxygen atoms in total. The summed E-state index contributed by atoms with van der Waals surface area (Å²) in [4.78, 5) is 26.2. The van der Waals surface area contributed by atoms with Crippen molar-refractivity contribution < 1.29 is 0 Å². The van der Waals surface area contributed by atoms with Crippen molar-refractivity contribution in [2.45, 2.75) is 54.5 Å². The molecule has 0 amide bonds. The van der Waals surface area contributed by atoms with Gasteiger partial charge in [0.1, 0.15) is 0 Å². The van der Waals surface area contributed by atoms with E-state index in [9.17, 15) is 9.59 Å². The smallest absolute Gasteiger partial charge is 0.314 e. The lowest BCUT2D eigenvalue weighted by atomic mass is 9.72. The molecule has 0 unspecified atom stereocenters. The van der Waals surface area contributed by atoms with Crippen molar-refractivity contribution in [3.05, 3.63) is 33.1 Å². The van der Waals surface area contributed by atoms with Crippen LogP contribution in [0.25, 0.3) is 0 Å². The summed E-state index contributed by atoms with van der Waals surface area (Å²) < 4.78 is 1.31. The predicted molar refractivity (Wildman–Crippen MR) is 78.3 cm³/mol. The quantitative estimate of drug-likeness (QED) is 0.914. The van der Waals surface area contributed by atoms with Crippen LogP contribution in [0.1, 0.15) is 48.0 Å². The first-order chi connectivity index (χ1) is 8.50. The number of aromatic nitrogens is 2. The topological polar surface area (TPSA) is 54.9 Å². The maximum atomic E-state index is 11.8. The van der Waals surface area contributed by atoms with Crippen LogP contribution in [-0.4, -0.2) is 9.55 Å². The van der Waals surface area contributed by atoms with Gasteiger partial charge in [0.05, 0.1) is 0 Å². The molecule has 1 N–H and O–H groups in total. The van der Waals surface area contributed by atoms with E-state index >= 15 is 0 Å². The molecule has 0 aliphatic rings. The number of aromatic amines is 1. The van der Waals surface area contributed by atoms with Gasteiger partial charge in [0.2, 0.25) is 0 Å². The van der Waals surface area contributed by atoms with Gasteiger partial charge in [0.25, 0.3) is 5.56 Å². The summed E-state index contributed by atoms with van der Waals surface area (Å²) in [5.74, 6) is 0.272. The molecule has 0 aromatic carbocycles. The molecule has 0 radical (unpaired) electrons. The summed E-state index contributed by atoms with van der Waals surface area (Å²) in [5.41, 5.74) is -0.333. The Kier molecular flexibility index (Phi) is 4.43. The maximum Gasteiger partial charge on any atom is 0.328 e. The summed E-state index contributed by atoms with van der Waals surface area (Å²) in [6.45, 7) is 13.5. The van der Waals surface area contributed by atoms with E-state index in [2.05, 4.69) is 46.5 Å². The van der Waals surface area contributed by atoms with Crippen LogP contribution in [-0.2, 0) is 6.54 Å². The first-order valence-electron chi connectivity index (χ1n) is 6.79. The number of hydrogen-bond donors (Lipinski definition) is 1. The van der Waals surface area contributed by atoms with Gasteiger partial charge in [-0.05, 0) is 23.2 Å². The lowest BCUT2D eigenvalue weighted by molar-refractivity contribution is 0.142. The number of hydrogen-bond acceptors (Lipinski definition) is 2. The van der Waals surface area contributed by atoms with E-state index in [1.807, 2.05) is 0 Å². The van der Waals surface area contributed by atoms with Gasteiger partial charge in [-0.25, -0.2) is 4.79 Å². The maximum absolute atomic E-state index is 11.8. The Bertz CT molecular complexity index is 498. The van der Waals surface area contributed by atoms with E-state index in [1.165, 1.54) is 16.8 Å². The third-order valence-corrected chi connectivity index (χ3v) is 3.43. The Labute approximate surface area is 114 Å². The Morgan fingerprint density at radius 1 is 1.16 bits per heavy atom. The molecule has 1 aromatic rings. The van der Waals surface area contributed by atoms with Gasteiger partial charge in [0, 0.05) is 18.8 Å². The van der Waals surface area contributed by atoms with Crippen molar-refractivity contribution in [2.24, 2.45) is 16.7 Å². The molecule has 0 saturated heterocycles. The third-order valence-electron chi connectivity index (χ3n) is 3.43. The minimum absolute atomic E-state index is 0.0506. The highest BCUT2D eigenvalue weighted by Gasteiger charge is 2.29. The molecular formula is C15H26N2O2. The molecule has 1 atom stereocenters. The van der Waals surface area contributed by atoms with Gasteiger partial charge in [0.15, 0.2) is 0 Å². The van der Waals surface area contributed by atoms with Gasteiger partial charge in [-0.3, -0.25) is 9.36 Å². The van der Waals surface area contributed by atoms with Gasteiger partial charge in [-0.15, -0.1) is 0 Å². The van der Waals surface area contributed by atoms with E-state index in [0.717, 1.165) is 6.42 Å². The highest BCUT2D eigenvalue weighted by molar-refractivity contribution is 4.86. The molecule has 1 rings (SSSR count). The van der Waals surface area contributed by atoms with Crippen LogP contribution in [0.15, 0.2) is 21.9 Å². The zero-order valence-electron chi connectivity index (χ0n) is 12.9. The van der Waals surface area contributed by atoms with Crippen LogP contribution in [0.2, 0.25) is 0 Å². The van der Waals surface area contributed by atoms with Crippen LogP contribution in [0, 0.1) is 16.7 Å². The van der Waals surface area contributed by atoms with E-state index in [4.69, 9.17) is 0 Å². The summed E-state index contributed by atoms with van der Waals surface area (Å²) >= 11 is 0. The van der Waals surface area contributed by atoms with Gasteiger partial charge >= 0.3 is 5.69 Å². The molecular weight excluding hydrogens is 240 g/mol. The second-order valence-electron chi connectivity index (χ2n) is 7.56. The van der Waals surface area contributed by atoms with Crippen molar-refractivity contribution in [1.29, 1.82) is 0 Å². The Morgan fingerprint density at radius 2 is 1.74 bits per heavy atom. The van der Waals surface area contributed by atoms with E-state index in [-0.39, 0.29) is 28.0 Å². The molecule has 4 heteroatoms. The van der Waals surface area contributed by atoms with Gasteiger partial charge < -0.3 is 4.98 Å². The Hall–Kier alpha value is -1.32. The minimum atomic E-state index is -0.323. The first kappa shape index (κ1) is 15.7. The van der Waals surface area contributed by atoms with Crippen molar-refractivity contribution in [3.63, 3.8) is 0 Å². The van der Waals surface area contributed by atoms with Crippen LogP contribution >= 0.6 is 0 Å². The standard InChI is InChI=1S/C15H26N2O2/c1-14(2,3)9-11(15(4,5)6)10-17-12(18)7-8-16-13(17)19/h7-8,11H,9-10H2,1-6H3,(H,16,19)/t11-/m0/s1. The molecule has 0 saturated carbocycles. The number of nitrogens with one attached hydrogen (secondary N) is 1. The second kappa shape index (κ2) is 5.35. The predicted octanol–water partition coefficient (Wildman–Crippen LogP) is 2.64. The molecule has 1 aromatic heterocycles. The summed E-state index contributed by atoms with van der Waals surface area (Å²) in [6.07, 6.45) is 2.37. The lowest BCUT2D eigenvalue weighted by Crippen LogP contribution is -2.40. The van der Waals surface area contributed by atoms with Crippen molar-refractivity contribution in [2.75, 3.05) is 0 Å². The van der Waals surface area contributed by atoms with Crippen molar-refractivity contribution in [1.82, 2.24) is 9.55 Å². The molecule has 1 heterocycles. The second-order valence-corrected chi connectivity index (χ2v) is 7.56. The summed E-state index contributed by atoms with van der Waals surface area (Å²) in [5, 5.41) is 0. The molecule has 0 aliphatic heterocycles. The summed E-state index contributed by atoms with van der Waals surface area (Å²) in [6, 6.07) is 1.40. The van der Waals surface area contributed by atoms with Crippen LogP contribution in [0.3, 0.4) is 0 Å². The highest BCUT2D eigenvalue weighted by Crippen LogP contribution is 2.36. The van der Waals surface area contributed by atoms with Gasteiger partial charge in [-0.2, -0.15) is 0 Å². The van der Waals surface area contributed by atoms with Crippen LogP contribution in [0.4, 0.5) is 0 Å². The molecule has 19 heavy (non-hydrogen) atoms. The fourth-order valence-corrected chi connectivity index (χ4v) is 2.23. The Morgan fingerprint density at radius 3 is 2.16 bits per heavy atom. The Balaban J connectivity index is 3.09. The zero-order chi connectivity index (χ0) is 14.8. The average Bonchev–Trinajstić information content (AvgIpc) is 2.18. The van der Waals surface area contributed by atoms with E-state index in [0.29, 0.717) is 6.54 Å². The van der Waals surface area contributed by atoms with E-state index < -0.39 is 0 Å². The molecule has 108 valence electrons. The largest absolute Gasteiger partial charge is 0.328 e. The SMILES string of the molecule is CC(C)(C)C[C@@H](Cn1c(=O)cc[nH]c1=O)C(C)(C)C. The number of rotatable bonds is 3. The van der Waals surface area contributed by atoms with Crippen molar-refractivity contribution in [3.8, 4) is 0 Å². The molecule has 0 fully saturated rings. The molecule has 0 aliphatic carbocycles. The summed E-state index contributed by atoms with van der Waals surface area (Å²) in [7, 11) is 0. The fourth-order valence-electron chi connectivity index (χ4n) is 2.23. The number of nitrogens with zero attached hydrogens (tertiary/aromatic N) is 1. The third kappa shape index (κ3) is 4.69. The highest BCUT2D eigenvalue weighted by atomic mass is 16.2. The van der Waals surface area contributed by atoms with Crippen LogP contribution < -0.4 is 11.2 Å². The number of H-pyrrole nitrogens is 1. The zero-order valence-corrected chi connectivity index (χ0v) is 12.9. The van der Waals surface area contributed by atoms with E-state index in [1.54, 1.807) is 0 Å². The normalized spacial score (nSPS) is 14.4. The fraction of sp³-hybridized carbons (Fsp3) is 0.733. The van der Waals surface area contributed by atoms with Crippen molar-refractivity contribution >= 4 is 0 Å². The average molecular weight is 266 g/mol. The lowest BCUT2D eigenvalue weighted by Gasteiger charge is -2.35. The van der Waals surface area contributed by atoms with Gasteiger partial charge in [-0.1, -0.05) is 41.5 Å². The first-order valence-corrected chi connectivity index (χ1v) is 6.79.